The van der Waals surface area contributed by atoms with E-state index in [4.69, 9.17) is 0 Å². The summed E-state index contributed by atoms with van der Waals surface area (Å²) in [6.45, 7) is 10.0. The fraction of sp³-hybridized carbons (Fsp3) is 0.625. The van der Waals surface area contributed by atoms with Crippen LogP contribution in [0.4, 0.5) is 5.69 Å². The van der Waals surface area contributed by atoms with Gasteiger partial charge in [0, 0.05) is 56.1 Å². The maximum Gasteiger partial charge on any atom is 0.120 e. The number of aromatic hydroxyl groups is 1. The zero-order valence-corrected chi connectivity index (χ0v) is 12.5. The van der Waals surface area contributed by atoms with Crippen LogP contribution < -0.4 is 10.2 Å². The predicted octanol–water partition coefficient (Wildman–Crippen LogP) is 1.44. The molecule has 1 fully saturated rings. The first-order valence-corrected chi connectivity index (χ1v) is 7.69. The van der Waals surface area contributed by atoms with Crippen LogP contribution in [-0.2, 0) is 6.42 Å². The number of piperazine rings is 1. The molecule has 2 heterocycles. The van der Waals surface area contributed by atoms with Crippen molar-refractivity contribution in [2.24, 2.45) is 0 Å². The van der Waals surface area contributed by atoms with Crippen LogP contribution in [0.2, 0.25) is 0 Å². The van der Waals surface area contributed by atoms with Crippen LogP contribution >= 0.6 is 0 Å². The molecule has 4 heteroatoms. The SMILES string of the molecule is CC(C)N1c2cccc(O)c2CC1CN1CCNCC1. The van der Waals surface area contributed by atoms with Gasteiger partial charge in [0.25, 0.3) is 0 Å². The predicted molar refractivity (Wildman–Crippen MR) is 82.5 cm³/mol. The molecule has 0 amide bonds. The van der Waals surface area contributed by atoms with Crippen LogP contribution in [-0.4, -0.2) is 54.8 Å². The summed E-state index contributed by atoms with van der Waals surface area (Å²) in [5.41, 5.74) is 2.35. The Hall–Kier alpha value is -1.26. The molecule has 1 saturated heterocycles. The molecule has 0 radical (unpaired) electrons. The third-order valence-corrected chi connectivity index (χ3v) is 4.47. The van der Waals surface area contributed by atoms with Gasteiger partial charge in [0.2, 0.25) is 0 Å². The lowest BCUT2D eigenvalue weighted by Gasteiger charge is -2.36. The van der Waals surface area contributed by atoms with E-state index < -0.39 is 0 Å². The number of hydrogen-bond acceptors (Lipinski definition) is 4. The molecule has 0 saturated carbocycles. The summed E-state index contributed by atoms with van der Waals surface area (Å²) < 4.78 is 0. The van der Waals surface area contributed by atoms with E-state index in [0.29, 0.717) is 17.8 Å². The van der Waals surface area contributed by atoms with Crippen molar-refractivity contribution >= 4 is 5.69 Å². The summed E-state index contributed by atoms with van der Waals surface area (Å²) in [5, 5.41) is 13.5. The van der Waals surface area contributed by atoms with Gasteiger partial charge in [0.1, 0.15) is 5.75 Å². The van der Waals surface area contributed by atoms with Gasteiger partial charge >= 0.3 is 0 Å². The van der Waals surface area contributed by atoms with Gasteiger partial charge in [-0.05, 0) is 32.4 Å². The number of phenols is 1. The first-order valence-electron chi connectivity index (χ1n) is 7.69. The van der Waals surface area contributed by atoms with Crippen molar-refractivity contribution in [2.75, 3.05) is 37.6 Å². The van der Waals surface area contributed by atoms with Crippen molar-refractivity contribution in [1.29, 1.82) is 0 Å². The Kier molecular flexibility index (Phi) is 3.85. The molecule has 2 N–H and O–H groups in total. The number of anilines is 1. The van der Waals surface area contributed by atoms with E-state index in [2.05, 4.69) is 35.0 Å². The minimum atomic E-state index is 0.455. The summed E-state index contributed by atoms with van der Waals surface area (Å²) in [6.07, 6.45) is 0.962. The number of phenolic OH excluding ortho intramolecular Hbond substituents is 1. The maximum absolute atomic E-state index is 10.1. The van der Waals surface area contributed by atoms with Gasteiger partial charge in [-0.25, -0.2) is 0 Å². The molecule has 20 heavy (non-hydrogen) atoms. The summed E-state index contributed by atoms with van der Waals surface area (Å²) in [5.74, 6) is 0.455. The van der Waals surface area contributed by atoms with Crippen LogP contribution in [0, 0.1) is 0 Å². The third kappa shape index (κ3) is 2.50. The molecule has 1 atom stereocenters. The number of benzene rings is 1. The Morgan fingerprint density at radius 2 is 2.05 bits per heavy atom. The second-order valence-corrected chi connectivity index (χ2v) is 6.18. The fourth-order valence-corrected chi connectivity index (χ4v) is 3.59. The summed E-state index contributed by atoms with van der Waals surface area (Å²) in [4.78, 5) is 5.02. The molecule has 0 aromatic heterocycles. The van der Waals surface area contributed by atoms with E-state index in [-0.39, 0.29) is 0 Å². The second-order valence-electron chi connectivity index (χ2n) is 6.18. The van der Waals surface area contributed by atoms with Gasteiger partial charge in [-0.2, -0.15) is 0 Å². The Morgan fingerprint density at radius 3 is 2.75 bits per heavy atom. The maximum atomic E-state index is 10.1. The molecule has 1 aromatic carbocycles. The first-order chi connectivity index (χ1) is 9.66. The van der Waals surface area contributed by atoms with Gasteiger partial charge < -0.3 is 15.3 Å². The van der Waals surface area contributed by atoms with Gasteiger partial charge in [-0.15, -0.1) is 0 Å². The minimum absolute atomic E-state index is 0.455. The Morgan fingerprint density at radius 1 is 1.30 bits per heavy atom. The highest BCUT2D eigenvalue weighted by Gasteiger charge is 2.33. The monoisotopic (exact) mass is 275 g/mol. The highest BCUT2D eigenvalue weighted by atomic mass is 16.3. The van der Waals surface area contributed by atoms with Crippen molar-refractivity contribution in [1.82, 2.24) is 10.2 Å². The Bertz CT molecular complexity index is 469. The van der Waals surface area contributed by atoms with E-state index in [9.17, 15) is 5.11 Å². The second kappa shape index (κ2) is 5.62. The van der Waals surface area contributed by atoms with Crippen molar-refractivity contribution < 1.29 is 5.11 Å². The summed E-state index contributed by atoms with van der Waals surface area (Å²) >= 11 is 0. The molecule has 2 aliphatic heterocycles. The summed E-state index contributed by atoms with van der Waals surface area (Å²) in [6, 6.07) is 6.86. The van der Waals surface area contributed by atoms with Crippen LogP contribution in [0.25, 0.3) is 0 Å². The number of fused-ring (bicyclic) bond motifs is 1. The van der Waals surface area contributed by atoms with E-state index in [1.807, 2.05) is 12.1 Å². The number of nitrogens with one attached hydrogen (secondary N) is 1. The molecular formula is C16H25N3O. The zero-order chi connectivity index (χ0) is 14.1. The number of nitrogens with zero attached hydrogens (tertiary/aromatic N) is 2. The Balaban J connectivity index is 1.80. The third-order valence-electron chi connectivity index (χ3n) is 4.47. The van der Waals surface area contributed by atoms with E-state index in [1.165, 1.54) is 5.69 Å². The lowest BCUT2D eigenvalue weighted by atomic mass is 10.1. The van der Waals surface area contributed by atoms with E-state index >= 15 is 0 Å². The molecular weight excluding hydrogens is 250 g/mol. The van der Waals surface area contributed by atoms with Gasteiger partial charge in [-0.3, -0.25) is 4.90 Å². The molecule has 0 bridgehead atoms. The molecule has 0 spiro atoms. The van der Waals surface area contributed by atoms with Crippen LogP contribution in [0.15, 0.2) is 18.2 Å². The molecule has 3 rings (SSSR count). The van der Waals surface area contributed by atoms with Crippen molar-refractivity contribution in [3.05, 3.63) is 23.8 Å². The van der Waals surface area contributed by atoms with Crippen molar-refractivity contribution in [3.8, 4) is 5.75 Å². The van der Waals surface area contributed by atoms with E-state index in [0.717, 1.165) is 44.7 Å². The van der Waals surface area contributed by atoms with Gasteiger partial charge in [0.15, 0.2) is 0 Å². The quantitative estimate of drug-likeness (QED) is 0.875. The standard InChI is InChI=1S/C16H25N3O/c1-12(2)19-13(11-18-8-6-17-7-9-18)10-14-15(19)4-3-5-16(14)20/h3-5,12-13,17,20H,6-11H2,1-2H3. The largest absolute Gasteiger partial charge is 0.508 e. The average molecular weight is 275 g/mol. The summed E-state index contributed by atoms with van der Waals surface area (Å²) in [7, 11) is 0. The lowest BCUT2D eigenvalue weighted by Crippen LogP contribution is -2.50. The fourth-order valence-electron chi connectivity index (χ4n) is 3.59. The first kappa shape index (κ1) is 13.7. The molecule has 1 aromatic rings. The molecule has 4 nitrogen and oxygen atoms in total. The topological polar surface area (TPSA) is 38.7 Å². The van der Waals surface area contributed by atoms with E-state index in [1.54, 1.807) is 0 Å². The lowest BCUT2D eigenvalue weighted by molar-refractivity contribution is 0.224. The molecule has 0 aliphatic carbocycles. The number of rotatable bonds is 3. The molecule has 110 valence electrons. The number of hydrogen-bond donors (Lipinski definition) is 2. The smallest absolute Gasteiger partial charge is 0.120 e. The normalized spacial score (nSPS) is 23.4. The van der Waals surface area contributed by atoms with Crippen LogP contribution in [0.5, 0.6) is 5.75 Å². The highest BCUT2D eigenvalue weighted by molar-refractivity contribution is 5.64. The van der Waals surface area contributed by atoms with Crippen molar-refractivity contribution in [2.45, 2.75) is 32.4 Å². The van der Waals surface area contributed by atoms with Gasteiger partial charge in [-0.1, -0.05) is 6.07 Å². The Labute approximate surface area is 121 Å². The van der Waals surface area contributed by atoms with Crippen molar-refractivity contribution in [3.63, 3.8) is 0 Å². The van der Waals surface area contributed by atoms with Gasteiger partial charge in [0.05, 0.1) is 0 Å². The molecule has 2 aliphatic rings. The van der Waals surface area contributed by atoms with Crippen LogP contribution in [0.3, 0.4) is 0 Å². The zero-order valence-electron chi connectivity index (χ0n) is 12.5. The minimum Gasteiger partial charge on any atom is -0.508 e. The average Bonchev–Trinajstić information content (AvgIpc) is 2.79. The highest BCUT2D eigenvalue weighted by Crippen LogP contribution is 2.39. The van der Waals surface area contributed by atoms with Crippen LogP contribution in [0.1, 0.15) is 19.4 Å². The molecule has 1 unspecified atom stereocenters.